The molecule has 0 bridgehead atoms. The summed E-state index contributed by atoms with van der Waals surface area (Å²) >= 11 is 0. The van der Waals surface area contributed by atoms with Crippen LogP contribution in [0.25, 0.3) is 0 Å². The molecular formula is C19H22F2. The lowest BCUT2D eigenvalue weighted by Crippen LogP contribution is -2.36. The average molecular weight is 288 g/mol. The van der Waals surface area contributed by atoms with Gasteiger partial charge in [0.15, 0.2) is 0 Å². The zero-order valence-corrected chi connectivity index (χ0v) is 12.5. The summed E-state index contributed by atoms with van der Waals surface area (Å²) in [6.45, 7) is 2.29. The second kappa shape index (κ2) is 5.75. The molecule has 1 aromatic carbocycles. The van der Waals surface area contributed by atoms with Crippen LogP contribution in [-0.4, -0.2) is 0 Å². The van der Waals surface area contributed by atoms with E-state index in [1.165, 1.54) is 25.0 Å². The molecule has 0 aromatic heterocycles. The zero-order valence-electron chi connectivity index (χ0n) is 12.5. The van der Waals surface area contributed by atoms with Crippen LogP contribution in [0, 0.1) is 23.5 Å². The number of rotatable bonds is 2. The van der Waals surface area contributed by atoms with Crippen molar-refractivity contribution in [3.8, 4) is 0 Å². The van der Waals surface area contributed by atoms with Crippen molar-refractivity contribution in [2.24, 2.45) is 11.8 Å². The molecule has 3 rings (SSSR count). The Balaban J connectivity index is 2.01. The molecular weight excluding hydrogens is 266 g/mol. The standard InChI is InChI=1S/C19H22F2/c1-14-5-7-15(8-6-14)19(9-3-2-4-10-19)16-11-17(20)13-18(21)12-16/h2-4,9,11-15H,5-8,10H2,1H3. The molecule has 0 nitrogen and oxygen atoms in total. The Bertz CT molecular complexity index is 545. The summed E-state index contributed by atoms with van der Waals surface area (Å²) in [5.41, 5.74) is 0.554. The highest BCUT2D eigenvalue weighted by Crippen LogP contribution is 2.47. The molecule has 2 aliphatic carbocycles. The van der Waals surface area contributed by atoms with Crippen LogP contribution in [-0.2, 0) is 5.41 Å². The number of benzene rings is 1. The van der Waals surface area contributed by atoms with Gasteiger partial charge in [-0.05, 0) is 48.8 Å². The highest BCUT2D eigenvalue weighted by molar-refractivity contribution is 5.37. The summed E-state index contributed by atoms with van der Waals surface area (Å²) in [6, 6.07) is 4.00. The summed E-state index contributed by atoms with van der Waals surface area (Å²) in [5.74, 6) is 0.287. The quantitative estimate of drug-likeness (QED) is 0.669. The molecule has 1 saturated carbocycles. The van der Waals surface area contributed by atoms with Crippen molar-refractivity contribution >= 4 is 0 Å². The Labute approximate surface area is 125 Å². The molecule has 0 N–H and O–H groups in total. The Morgan fingerprint density at radius 3 is 2.19 bits per heavy atom. The van der Waals surface area contributed by atoms with E-state index in [1.807, 2.05) is 12.2 Å². The maximum Gasteiger partial charge on any atom is 0.126 e. The summed E-state index contributed by atoms with van der Waals surface area (Å²) in [6.07, 6.45) is 13.9. The van der Waals surface area contributed by atoms with Gasteiger partial charge in [0.05, 0.1) is 0 Å². The highest BCUT2D eigenvalue weighted by Gasteiger charge is 2.39. The average Bonchev–Trinajstić information content (AvgIpc) is 2.47. The first-order valence-corrected chi connectivity index (χ1v) is 7.91. The molecule has 0 spiro atoms. The molecule has 21 heavy (non-hydrogen) atoms. The van der Waals surface area contributed by atoms with E-state index in [4.69, 9.17) is 0 Å². The normalized spacial score (nSPS) is 32.3. The molecule has 1 aromatic rings. The van der Waals surface area contributed by atoms with E-state index in [1.54, 1.807) is 0 Å². The first-order valence-electron chi connectivity index (χ1n) is 7.91. The van der Waals surface area contributed by atoms with Crippen molar-refractivity contribution in [2.75, 3.05) is 0 Å². The van der Waals surface area contributed by atoms with E-state index in [0.717, 1.165) is 36.8 Å². The van der Waals surface area contributed by atoms with Crippen molar-refractivity contribution in [1.82, 2.24) is 0 Å². The topological polar surface area (TPSA) is 0 Å². The van der Waals surface area contributed by atoms with Crippen molar-refractivity contribution in [3.05, 3.63) is 59.7 Å². The number of allylic oxidation sites excluding steroid dienone is 4. The Morgan fingerprint density at radius 1 is 0.952 bits per heavy atom. The molecule has 0 radical (unpaired) electrons. The van der Waals surface area contributed by atoms with Crippen molar-refractivity contribution < 1.29 is 8.78 Å². The maximum absolute atomic E-state index is 13.7. The first kappa shape index (κ1) is 14.5. The lowest BCUT2D eigenvalue weighted by molar-refractivity contribution is 0.208. The van der Waals surface area contributed by atoms with Gasteiger partial charge in [0.2, 0.25) is 0 Å². The molecule has 2 heteroatoms. The van der Waals surface area contributed by atoms with Gasteiger partial charge in [-0.25, -0.2) is 8.78 Å². The molecule has 1 atom stereocenters. The molecule has 112 valence electrons. The van der Waals surface area contributed by atoms with Gasteiger partial charge >= 0.3 is 0 Å². The van der Waals surface area contributed by atoms with E-state index >= 15 is 0 Å². The van der Waals surface area contributed by atoms with E-state index in [-0.39, 0.29) is 5.41 Å². The molecule has 1 fully saturated rings. The fourth-order valence-corrected chi connectivity index (χ4v) is 3.99. The van der Waals surface area contributed by atoms with Gasteiger partial charge in [-0.2, -0.15) is 0 Å². The van der Waals surface area contributed by atoms with E-state index in [2.05, 4.69) is 19.1 Å². The van der Waals surface area contributed by atoms with Crippen molar-refractivity contribution in [3.63, 3.8) is 0 Å². The predicted octanol–water partition coefficient (Wildman–Crippen LogP) is 5.55. The summed E-state index contributed by atoms with van der Waals surface area (Å²) in [7, 11) is 0. The van der Waals surface area contributed by atoms with Crippen LogP contribution in [0.2, 0.25) is 0 Å². The molecule has 0 saturated heterocycles. The minimum atomic E-state index is -0.475. The Morgan fingerprint density at radius 2 is 1.62 bits per heavy atom. The smallest absolute Gasteiger partial charge is 0.126 e. The van der Waals surface area contributed by atoms with Gasteiger partial charge in [-0.1, -0.05) is 44.1 Å². The second-order valence-corrected chi connectivity index (χ2v) is 6.65. The fourth-order valence-electron chi connectivity index (χ4n) is 3.99. The number of hydrogen-bond donors (Lipinski definition) is 0. The maximum atomic E-state index is 13.7. The van der Waals surface area contributed by atoms with Crippen LogP contribution in [0.3, 0.4) is 0 Å². The predicted molar refractivity (Wildman–Crippen MR) is 82.1 cm³/mol. The largest absolute Gasteiger partial charge is 0.207 e. The second-order valence-electron chi connectivity index (χ2n) is 6.65. The summed E-state index contributed by atoms with van der Waals surface area (Å²) in [5, 5.41) is 0. The fraction of sp³-hybridized carbons (Fsp3) is 0.474. The number of halogens is 2. The van der Waals surface area contributed by atoms with Crippen LogP contribution in [0.4, 0.5) is 8.78 Å². The number of hydrogen-bond acceptors (Lipinski definition) is 0. The van der Waals surface area contributed by atoms with Gasteiger partial charge in [-0.3, -0.25) is 0 Å². The van der Waals surface area contributed by atoms with Crippen LogP contribution < -0.4 is 0 Å². The zero-order chi connectivity index (χ0) is 14.9. The molecule has 0 aliphatic heterocycles. The minimum Gasteiger partial charge on any atom is -0.207 e. The first-order chi connectivity index (χ1) is 10.1. The minimum absolute atomic E-state index is 0.238. The van der Waals surface area contributed by atoms with Crippen LogP contribution in [0.15, 0.2) is 42.5 Å². The molecule has 0 heterocycles. The van der Waals surface area contributed by atoms with Gasteiger partial charge in [0.1, 0.15) is 11.6 Å². The highest BCUT2D eigenvalue weighted by atomic mass is 19.1. The third-order valence-corrected chi connectivity index (χ3v) is 5.24. The van der Waals surface area contributed by atoms with Crippen LogP contribution in [0.1, 0.15) is 44.6 Å². The summed E-state index contributed by atoms with van der Waals surface area (Å²) in [4.78, 5) is 0. The van der Waals surface area contributed by atoms with Gasteiger partial charge < -0.3 is 0 Å². The van der Waals surface area contributed by atoms with Gasteiger partial charge in [0, 0.05) is 11.5 Å². The van der Waals surface area contributed by atoms with Crippen molar-refractivity contribution in [1.29, 1.82) is 0 Å². The van der Waals surface area contributed by atoms with Crippen molar-refractivity contribution in [2.45, 2.75) is 44.4 Å². The third kappa shape index (κ3) is 2.81. The van der Waals surface area contributed by atoms with E-state index < -0.39 is 11.6 Å². The van der Waals surface area contributed by atoms with Gasteiger partial charge in [0.25, 0.3) is 0 Å². The lowest BCUT2D eigenvalue weighted by Gasteiger charge is -2.43. The molecule has 2 aliphatic rings. The van der Waals surface area contributed by atoms with Crippen LogP contribution in [0.5, 0.6) is 0 Å². The molecule has 1 unspecified atom stereocenters. The SMILES string of the molecule is CC1CCC(C2(c3cc(F)cc(F)c3)C=CC=CC2)CC1. The van der Waals surface area contributed by atoms with E-state index in [9.17, 15) is 8.78 Å². The Hall–Kier alpha value is -1.44. The molecule has 0 amide bonds. The lowest BCUT2D eigenvalue weighted by atomic mass is 9.61. The van der Waals surface area contributed by atoms with E-state index in [0.29, 0.717) is 5.92 Å². The Kier molecular flexibility index (Phi) is 3.97. The monoisotopic (exact) mass is 288 g/mol. The van der Waals surface area contributed by atoms with Gasteiger partial charge in [-0.15, -0.1) is 0 Å². The summed E-state index contributed by atoms with van der Waals surface area (Å²) < 4.78 is 27.4. The van der Waals surface area contributed by atoms with Crippen LogP contribution >= 0.6 is 0 Å². The third-order valence-electron chi connectivity index (χ3n) is 5.24.